The molecule has 8 heteroatoms. The molecular formula is C14H18FN5OS. The highest BCUT2D eigenvalue weighted by atomic mass is 32.2. The van der Waals surface area contributed by atoms with Crippen molar-refractivity contribution in [2.45, 2.75) is 11.2 Å². The van der Waals surface area contributed by atoms with E-state index in [9.17, 15) is 9.18 Å². The summed E-state index contributed by atoms with van der Waals surface area (Å²) in [6.45, 7) is 0.490. The molecule has 6 nitrogen and oxygen atoms in total. The predicted molar refractivity (Wildman–Crippen MR) is 82.9 cm³/mol. The number of halogens is 1. The van der Waals surface area contributed by atoms with E-state index in [4.69, 9.17) is 0 Å². The standard InChI is InChI=1S/C14H18FN5OS/c1-20(2)12(10-4-3-5-11(15)8-10)13(21)16-6-7-22-14-17-9-18-19-14/h3-5,8-9,12H,6-7H2,1-2H3,(H,16,21)(H,17,18,19)/t12-/m0/s1. The zero-order valence-electron chi connectivity index (χ0n) is 12.4. The van der Waals surface area contributed by atoms with E-state index in [-0.39, 0.29) is 11.7 Å². The fraction of sp³-hybridized carbons (Fsp3) is 0.357. The second-order valence-electron chi connectivity index (χ2n) is 4.85. The Morgan fingerprint density at radius 3 is 2.95 bits per heavy atom. The third-order valence-electron chi connectivity index (χ3n) is 2.96. The molecule has 0 aliphatic carbocycles. The summed E-state index contributed by atoms with van der Waals surface area (Å²) >= 11 is 1.47. The van der Waals surface area contributed by atoms with Crippen molar-refractivity contribution in [1.82, 2.24) is 25.4 Å². The summed E-state index contributed by atoms with van der Waals surface area (Å²) in [6, 6.07) is 5.58. The Balaban J connectivity index is 1.90. The SMILES string of the molecule is CN(C)[C@H](C(=O)NCCSc1ncn[nH]1)c1cccc(F)c1. The normalized spacial score (nSPS) is 12.4. The summed E-state index contributed by atoms with van der Waals surface area (Å²) in [5.74, 6) is 0.163. The number of H-pyrrole nitrogens is 1. The monoisotopic (exact) mass is 323 g/mol. The smallest absolute Gasteiger partial charge is 0.241 e. The van der Waals surface area contributed by atoms with Crippen LogP contribution in [0, 0.1) is 5.82 Å². The minimum atomic E-state index is -0.522. The number of amides is 1. The van der Waals surface area contributed by atoms with E-state index in [2.05, 4.69) is 20.5 Å². The van der Waals surface area contributed by atoms with Crippen molar-refractivity contribution in [2.24, 2.45) is 0 Å². The molecule has 118 valence electrons. The molecule has 2 aromatic rings. The number of carbonyl (C=O) groups is 1. The number of aromatic amines is 1. The number of nitrogens with zero attached hydrogens (tertiary/aromatic N) is 3. The first-order valence-electron chi connectivity index (χ1n) is 6.75. The molecule has 1 aromatic carbocycles. The average molecular weight is 323 g/mol. The Hall–Kier alpha value is -1.93. The third-order valence-corrected chi connectivity index (χ3v) is 3.84. The highest BCUT2D eigenvalue weighted by Gasteiger charge is 2.22. The lowest BCUT2D eigenvalue weighted by molar-refractivity contribution is -0.125. The van der Waals surface area contributed by atoms with Crippen molar-refractivity contribution >= 4 is 17.7 Å². The summed E-state index contributed by atoms with van der Waals surface area (Å²) in [5, 5.41) is 10.1. The number of aromatic nitrogens is 3. The lowest BCUT2D eigenvalue weighted by Crippen LogP contribution is -2.38. The van der Waals surface area contributed by atoms with Gasteiger partial charge < -0.3 is 5.32 Å². The summed E-state index contributed by atoms with van der Waals surface area (Å²) in [7, 11) is 3.58. The van der Waals surface area contributed by atoms with Gasteiger partial charge in [-0.25, -0.2) is 9.37 Å². The summed E-state index contributed by atoms with van der Waals surface area (Å²) in [5.41, 5.74) is 0.630. The van der Waals surface area contributed by atoms with Crippen LogP contribution in [-0.4, -0.2) is 52.4 Å². The number of benzene rings is 1. The summed E-state index contributed by atoms with van der Waals surface area (Å²) in [6.07, 6.45) is 1.44. The van der Waals surface area contributed by atoms with Gasteiger partial charge in [-0.2, -0.15) is 5.10 Å². The number of nitrogens with one attached hydrogen (secondary N) is 2. The molecule has 0 aliphatic rings. The van der Waals surface area contributed by atoms with Crippen molar-refractivity contribution in [1.29, 1.82) is 0 Å². The van der Waals surface area contributed by atoms with Crippen LogP contribution in [0.5, 0.6) is 0 Å². The van der Waals surface area contributed by atoms with Crippen LogP contribution in [0.1, 0.15) is 11.6 Å². The Morgan fingerprint density at radius 2 is 2.32 bits per heavy atom. The molecule has 22 heavy (non-hydrogen) atoms. The van der Waals surface area contributed by atoms with Crippen LogP contribution >= 0.6 is 11.8 Å². The van der Waals surface area contributed by atoms with Crippen molar-refractivity contribution in [2.75, 3.05) is 26.4 Å². The van der Waals surface area contributed by atoms with Gasteiger partial charge in [-0.15, -0.1) is 0 Å². The van der Waals surface area contributed by atoms with Crippen LogP contribution in [0.15, 0.2) is 35.7 Å². The topological polar surface area (TPSA) is 73.9 Å². The molecule has 0 unspecified atom stereocenters. The van der Waals surface area contributed by atoms with Crippen LogP contribution < -0.4 is 5.32 Å². The predicted octanol–water partition coefficient (Wildman–Crippen LogP) is 1.45. The van der Waals surface area contributed by atoms with Gasteiger partial charge in [-0.3, -0.25) is 14.8 Å². The molecule has 0 saturated carbocycles. The first-order valence-corrected chi connectivity index (χ1v) is 7.74. The van der Waals surface area contributed by atoms with E-state index >= 15 is 0 Å². The van der Waals surface area contributed by atoms with E-state index in [1.165, 1.54) is 30.2 Å². The molecule has 0 aliphatic heterocycles. The average Bonchev–Trinajstić information content (AvgIpc) is 2.97. The maximum absolute atomic E-state index is 13.3. The van der Waals surface area contributed by atoms with Crippen molar-refractivity contribution in [3.05, 3.63) is 42.0 Å². The Kier molecular flexibility index (Phi) is 5.91. The maximum Gasteiger partial charge on any atom is 0.241 e. The van der Waals surface area contributed by atoms with Gasteiger partial charge in [0.1, 0.15) is 18.2 Å². The number of hydrogen-bond donors (Lipinski definition) is 2. The van der Waals surface area contributed by atoms with Crippen molar-refractivity contribution in [3.8, 4) is 0 Å². The molecule has 1 aromatic heterocycles. The van der Waals surface area contributed by atoms with Crippen LogP contribution in [0.2, 0.25) is 0 Å². The molecular weight excluding hydrogens is 305 g/mol. The third kappa shape index (κ3) is 4.54. The lowest BCUT2D eigenvalue weighted by Gasteiger charge is -2.23. The molecule has 0 bridgehead atoms. The fourth-order valence-corrected chi connectivity index (χ4v) is 2.68. The van der Waals surface area contributed by atoms with Gasteiger partial charge in [0.25, 0.3) is 0 Å². The number of carbonyl (C=O) groups excluding carboxylic acids is 1. The van der Waals surface area contributed by atoms with E-state index < -0.39 is 6.04 Å². The molecule has 2 N–H and O–H groups in total. The quantitative estimate of drug-likeness (QED) is 0.596. The Labute approximate surface area is 132 Å². The largest absolute Gasteiger partial charge is 0.354 e. The van der Waals surface area contributed by atoms with Gasteiger partial charge >= 0.3 is 0 Å². The van der Waals surface area contributed by atoms with Gasteiger partial charge in [0.05, 0.1) is 0 Å². The number of thioether (sulfide) groups is 1. The second-order valence-corrected chi connectivity index (χ2v) is 5.93. The van der Waals surface area contributed by atoms with Gasteiger partial charge in [-0.1, -0.05) is 23.9 Å². The van der Waals surface area contributed by atoms with E-state index in [1.54, 1.807) is 31.1 Å². The second kappa shape index (κ2) is 7.90. The van der Waals surface area contributed by atoms with Crippen LogP contribution in [-0.2, 0) is 4.79 Å². The Bertz CT molecular complexity index is 605. The molecule has 0 saturated heterocycles. The van der Waals surface area contributed by atoms with E-state index in [0.717, 1.165) is 0 Å². The van der Waals surface area contributed by atoms with Gasteiger partial charge in [0, 0.05) is 12.3 Å². The first kappa shape index (κ1) is 16.4. The minimum absolute atomic E-state index is 0.159. The first-order chi connectivity index (χ1) is 10.6. The molecule has 1 heterocycles. The maximum atomic E-state index is 13.3. The van der Waals surface area contributed by atoms with Crippen molar-refractivity contribution < 1.29 is 9.18 Å². The number of hydrogen-bond acceptors (Lipinski definition) is 5. The highest BCUT2D eigenvalue weighted by molar-refractivity contribution is 7.99. The highest BCUT2D eigenvalue weighted by Crippen LogP contribution is 2.19. The van der Waals surface area contributed by atoms with Gasteiger partial charge in [0.15, 0.2) is 5.16 Å². The molecule has 2 rings (SSSR count). The molecule has 1 atom stereocenters. The summed E-state index contributed by atoms with van der Waals surface area (Å²) in [4.78, 5) is 18.1. The van der Waals surface area contributed by atoms with Crippen molar-refractivity contribution in [3.63, 3.8) is 0 Å². The molecule has 1 amide bonds. The number of rotatable bonds is 7. The van der Waals surface area contributed by atoms with E-state index in [0.29, 0.717) is 23.0 Å². The molecule has 0 fully saturated rings. The Morgan fingerprint density at radius 1 is 1.50 bits per heavy atom. The zero-order chi connectivity index (χ0) is 15.9. The zero-order valence-corrected chi connectivity index (χ0v) is 13.2. The van der Waals surface area contributed by atoms with Crippen LogP contribution in [0.3, 0.4) is 0 Å². The summed E-state index contributed by atoms with van der Waals surface area (Å²) < 4.78 is 13.3. The van der Waals surface area contributed by atoms with E-state index in [1.807, 2.05) is 0 Å². The molecule has 0 spiro atoms. The van der Waals surface area contributed by atoms with Gasteiger partial charge in [-0.05, 0) is 31.8 Å². The van der Waals surface area contributed by atoms with Crippen LogP contribution in [0.4, 0.5) is 4.39 Å². The minimum Gasteiger partial charge on any atom is -0.354 e. The van der Waals surface area contributed by atoms with Crippen LogP contribution in [0.25, 0.3) is 0 Å². The van der Waals surface area contributed by atoms with Gasteiger partial charge in [0.2, 0.25) is 5.91 Å². The molecule has 0 radical (unpaired) electrons. The lowest BCUT2D eigenvalue weighted by atomic mass is 10.1. The number of likely N-dealkylation sites (N-methyl/N-ethyl adjacent to an activating group) is 1. The fourth-order valence-electron chi connectivity index (χ4n) is 2.04.